The Morgan fingerprint density at radius 1 is 0.500 bits per heavy atom. The molecular formula is C31H29N5O4. The minimum absolute atomic E-state index is 0.281. The van der Waals surface area contributed by atoms with E-state index in [4.69, 9.17) is 17.2 Å². The zero-order chi connectivity index (χ0) is 28.3. The molecule has 6 N–H and O–H groups in total. The van der Waals surface area contributed by atoms with Crippen molar-refractivity contribution >= 4 is 66.7 Å². The molecule has 0 saturated carbocycles. The van der Waals surface area contributed by atoms with Crippen LogP contribution in [0.2, 0.25) is 0 Å². The normalized spacial score (nSPS) is 14.7. The van der Waals surface area contributed by atoms with E-state index in [-0.39, 0.29) is 30.2 Å². The van der Waals surface area contributed by atoms with E-state index in [9.17, 15) is 19.2 Å². The third kappa shape index (κ3) is 3.45. The molecule has 0 atom stereocenters. The van der Waals surface area contributed by atoms with Crippen LogP contribution >= 0.6 is 0 Å². The van der Waals surface area contributed by atoms with Gasteiger partial charge in [0.2, 0.25) is 0 Å². The largest absolute Gasteiger partial charge is 0.330 e. The van der Waals surface area contributed by atoms with Gasteiger partial charge in [0.1, 0.15) is 0 Å². The molecule has 5 aromatic rings. The molecule has 9 heteroatoms. The first kappa shape index (κ1) is 25.8. The highest BCUT2D eigenvalue weighted by Gasteiger charge is 2.35. The first-order valence-corrected chi connectivity index (χ1v) is 13.3. The zero-order valence-electron chi connectivity index (χ0n) is 22.1. The second-order valence-corrected chi connectivity index (χ2v) is 10.1. The average molecular weight is 536 g/mol. The molecule has 7 rings (SSSR count). The predicted molar refractivity (Wildman–Crippen MR) is 156 cm³/mol. The van der Waals surface area contributed by atoms with Gasteiger partial charge in [0.05, 0.1) is 0 Å². The maximum Gasteiger partial charge on any atom is 0.261 e. The molecular weight excluding hydrogens is 506 g/mol. The Labute approximate surface area is 229 Å². The molecule has 0 saturated heterocycles. The molecule has 40 heavy (non-hydrogen) atoms. The molecule has 5 aromatic carbocycles. The molecule has 0 fully saturated rings. The summed E-state index contributed by atoms with van der Waals surface area (Å²) in [6.45, 7) is 2.11. The van der Waals surface area contributed by atoms with Crippen molar-refractivity contribution in [1.29, 1.82) is 0 Å². The van der Waals surface area contributed by atoms with E-state index in [0.717, 1.165) is 56.7 Å². The molecule has 0 bridgehead atoms. The second-order valence-electron chi connectivity index (χ2n) is 10.1. The maximum absolute atomic E-state index is 13.3. The summed E-state index contributed by atoms with van der Waals surface area (Å²) < 4.78 is 0. The molecule has 0 unspecified atom stereocenters. The van der Waals surface area contributed by atoms with Crippen LogP contribution in [0.25, 0.3) is 43.1 Å². The van der Waals surface area contributed by atoms with Crippen LogP contribution in [-0.2, 0) is 0 Å². The van der Waals surface area contributed by atoms with Gasteiger partial charge in [-0.2, -0.15) is 0 Å². The van der Waals surface area contributed by atoms with Crippen molar-refractivity contribution in [1.82, 2.24) is 9.80 Å². The van der Waals surface area contributed by atoms with Crippen LogP contribution in [0.15, 0.2) is 48.5 Å². The number of carbonyl (C=O) groups excluding carboxylic acids is 4. The third-order valence-corrected chi connectivity index (χ3v) is 7.92. The summed E-state index contributed by atoms with van der Waals surface area (Å²) in [4.78, 5) is 54.9. The zero-order valence-corrected chi connectivity index (χ0v) is 22.1. The van der Waals surface area contributed by atoms with E-state index in [1.54, 1.807) is 24.3 Å². The van der Waals surface area contributed by atoms with E-state index in [2.05, 4.69) is 0 Å². The van der Waals surface area contributed by atoms with Crippen molar-refractivity contribution in [2.24, 2.45) is 17.2 Å². The Bertz CT molecular complexity index is 1770. The van der Waals surface area contributed by atoms with E-state index < -0.39 is 0 Å². The number of imide groups is 2. The number of fused-ring (bicyclic) bond motifs is 2. The molecule has 0 radical (unpaired) electrons. The van der Waals surface area contributed by atoms with Crippen LogP contribution in [0.1, 0.15) is 54.3 Å². The smallest absolute Gasteiger partial charge is 0.261 e. The number of nitrogens with zero attached hydrogens (tertiary/aromatic N) is 2. The SMILES string of the molecule is CN1C(=O)c2ccc3c4ccc5c6c(ccc(c7ccc(c2c37)C1=O)c64)C(=O)N(CCCN)C5=O.NCCCN. The second kappa shape index (κ2) is 9.63. The Kier molecular flexibility index (Phi) is 6.22. The third-order valence-electron chi connectivity index (χ3n) is 7.92. The minimum atomic E-state index is -0.323. The number of amides is 4. The van der Waals surface area contributed by atoms with Gasteiger partial charge in [-0.05, 0) is 89.1 Å². The molecule has 9 nitrogen and oxygen atoms in total. The van der Waals surface area contributed by atoms with Crippen molar-refractivity contribution in [2.45, 2.75) is 12.8 Å². The number of carbonyl (C=O) groups is 4. The summed E-state index contributed by atoms with van der Waals surface area (Å²) in [5.74, 6) is -1.27. The lowest BCUT2D eigenvalue weighted by atomic mass is 9.82. The standard InChI is InChI=1S/C28H19N3O4.C3H10N2/c1-30-25(32)17-7-3-13-15-5-9-19-24-20(28(35)31(27(19)34)12-2-11-29)10-6-16(22(15)24)14-4-8-18(26(30)33)23(17)21(13)14;4-2-1-3-5/h3-10H,2,11-12,29H2,1H3;1-5H2. The number of nitrogens with two attached hydrogens (primary N) is 3. The Balaban J connectivity index is 0.000000534. The van der Waals surface area contributed by atoms with Crippen LogP contribution in [0.4, 0.5) is 0 Å². The molecule has 2 aliphatic heterocycles. The summed E-state index contributed by atoms with van der Waals surface area (Å²) >= 11 is 0. The summed E-state index contributed by atoms with van der Waals surface area (Å²) in [5.41, 5.74) is 17.7. The summed E-state index contributed by atoms with van der Waals surface area (Å²) in [5, 5.41) is 6.54. The van der Waals surface area contributed by atoms with E-state index in [0.29, 0.717) is 46.0 Å². The van der Waals surface area contributed by atoms with Gasteiger partial charge in [-0.25, -0.2) is 0 Å². The molecule has 0 spiro atoms. The lowest BCUT2D eigenvalue weighted by molar-refractivity contribution is 0.0605. The quantitative estimate of drug-likeness (QED) is 0.177. The van der Waals surface area contributed by atoms with E-state index in [1.807, 2.05) is 24.3 Å². The summed E-state index contributed by atoms with van der Waals surface area (Å²) in [6, 6.07) is 14.7. The monoisotopic (exact) mass is 535 g/mol. The topological polar surface area (TPSA) is 153 Å². The van der Waals surface area contributed by atoms with Crippen LogP contribution in [0.3, 0.4) is 0 Å². The fourth-order valence-electron chi connectivity index (χ4n) is 6.01. The van der Waals surface area contributed by atoms with Gasteiger partial charge in [0.25, 0.3) is 23.6 Å². The Hall–Kier alpha value is -4.44. The molecule has 0 aromatic heterocycles. The van der Waals surface area contributed by atoms with Crippen LogP contribution in [0.5, 0.6) is 0 Å². The number of benzene rings is 5. The Morgan fingerprint density at radius 2 is 0.850 bits per heavy atom. The van der Waals surface area contributed by atoms with Gasteiger partial charge in [0, 0.05) is 46.6 Å². The molecule has 4 amide bonds. The number of rotatable bonds is 5. The van der Waals surface area contributed by atoms with Crippen molar-refractivity contribution in [2.75, 3.05) is 33.2 Å². The molecule has 2 heterocycles. The van der Waals surface area contributed by atoms with Crippen molar-refractivity contribution < 1.29 is 19.2 Å². The lowest BCUT2D eigenvalue weighted by Gasteiger charge is -2.29. The van der Waals surface area contributed by atoms with Gasteiger partial charge in [-0.1, -0.05) is 24.3 Å². The highest BCUT2D eigenvalue weighted by atomic mass is 16.2. The van der Waals surface area contributed by atoms with Gasteiger partial charge < -0.3 is 17.2 Å². The maximum atomic E-state index is 13.3. The van der Waals surface area contributed by atoms with Gasteiger partial charge in [-0.3, -0.25) is 29.0 Å². The first-order chi connectivity index (χ1) is 19.3. The van der Waals surface area contributed by atoms with Crippen molar-refractivity contribution in [3.63, 3.8) is 0 Å². The highest BCUT2D eigenvalue weighted by molar-refractivity contribution is 6.41. The fourth-order valence-corrected chi connectivity index (χ4v) is 6.01. The highest BCUT2D eigenvalue weighted by Crippen LogP contribution is 2.46. The van der Waals surface area contributed by atoms with Crippen LogP contribution < -0.4 is 17.2 Å². The van der Waals surface area contributed by atoms with E-state index in [1.165, 1.54) is 11.9 Å². The number of hydrogen-bond acceptors (Lipinski definition) is 7. The summed E-state index contributed by atoms with van der Waals surface area (Å²) in [7, 11) is 1.50. The lowest BCUT2D eigenvalue weighted by Crippen LogP contribution is -2.41. The van der Waals surface area contributed by atoms with Crippen LogP contribution in [0, 0.1) is 0 Å². The number of hydrogen-bond donors (Lipinski definition) is 3. The van der Waals surface area contributed by atoms with E-state index >= 15 is 0 Å². The molecule has 202 valence electrons. The first-order valence-electron chi connectivity index (χ1n) is 13.3. The average Bonchev–Trinajstić information content (AvgIpc) is 2.97. The molecule has 0 aliphatic carbocycles. The molecule has 2 aliphatic rings. The van der Waals surface area contributed by atoms with Gasteiger partial charge in [-0.15, -0.1) is 0 Å². The minimum Gasteiger partial charge on any atom is -0.330 e. The van der Waals surface area contributed by atoms with Gasteiger partial charge in [0.15, 0.2) is 0 Å². The van der Waals surface area contributed by atoms with Gasteiger partial charge >= 0.3 is 0 Å². The van der Waals surface area contributed by atoms with Crippen molar-refractivity contribution in [3.8, 4) is 0 Å². The predicted octanol–water partition coefficient (Wildman–Crippen LogP) is 3.20. The summed E-state index contributed by atoms with van der Waals surface area (Å²) in [6.07, 6.45) is 1.48. The van der Waals surface area contributed by atoms with Crippen LogP contribution in [-0.4, -0.2) is 66.7 Å². The Morgan fingerprint density at radius 3 is 1.18 bits per heavy atom. The van der Waals surface area contributed by atoms with Crippen molar-refractivity contribution in [3.05, 3.63) is 70.8 Å². The fraction of sp³-hybridized carbons (Fsp3) is 0.226.